The Kier molecular flexibility index (Phi) is 6.99. The largest absolute Gasteiger partial charge is 0.395 e. The van der Waals surface area contributed by atoms with Gasteiger partial charge in [0, 0.05) is 16.6 Å². The molecule has 0 bridgehead atoms. The van der Waals surface area contributed by atoms with Crippen LogP contribution in [0, 0.1) is 13.8 Å². The summed E-state index contributed by atoms with van der Waals surface area (Å²) in [6.45, 7) is 3.87. The number of benzene rings is 1. The molecule has 10 heteroatoms. The summed E-state index contributed by atoms with van der Waals surface area (Å²) in [6.07, 6.45) is 3.98. The Hall–Kier alpha value is -3.24. The number of rotatable bonds is 7. The molecule has 0 spiro atoms. The maximum Gasteiger partial charge on any atom is 0.273 e. The third kappa shape index (κ3) is 4.83. The van der Waals surface area contributed by atoms with Crippen LogP contribution in [0.25, 0.3) is 0 Å². The first-order valence-corrected chi connectivity index (χ1v) is 12.7. The highest BCUT2D eigenvalue weighted by atomic mass is 32.1. The lowest BCUT2D eigenvalue weighted by Crippen LogP contribution is -2.46. The SMILES string of the molecule is Cc1cc(C)cc(N(C(=O)c2snc(C(N)=O)c2N)[C@H](C(=O)NC2CCCC2)c2cccs2)c1. The predicted molar refractivity (Wildman–Crippen MR) is 135 cm³/mol. The van der Waals surface area contributed by atoms with Crippen LogP contribution in [-0.2, 0) is 4.79 Å². The number of amides is 3. The fraction of sp³-hybridized carbons (Fsp3) is 0.333. The average Bonchev–Trinajstić information content (AvgIpc) is 3.53. The number of nitrogens with two attached hydrogens (primary N) is 2. The van der Waals surface area contributed by atoms with E-state index in [1.165, 1.54) is 16.2 Å². The van der Waals surface area contributed by atoms with Crippen molar-refractivity contribution in [2.24, 2.45) is 5.73 Å². The van der Waals surface area contributed by atoms with Gasteiger partial charge in [0.2, 0.25) is 5.91 Å². The summed E-state index contributed by atoms with van der Waals surface area (Å²) < 4.78 is 3.99. The number of hydrogen-bond acceptors (Lipinski definition) is 7. The number of nitrogens with one attached hydrogen (secondary N) is 1. The van der Waals surface area contributed by atoms with Gasteiger partial charge in [-0.25, -0.2) is 0 Å². The van der Waals surface area contributed by atoms with Crippen molar-refractivity contribution >= 4 is 52.0 Å². The van der Waals surface area contributed by atoms with Crippen LogP contribution in [0.4, 0.5) is 11.4 Å². The van der Waals surface area contributed by atoms with E-state index < -0.39 is 17.9 Å². The van der Waals surface area contributed by atoms with Crippen LogP contribution in [0.5, 0.6) is 0 Å². The van der Waals surface area contributed by atoms with Gasteiger partial charge in [-0.3, -0.25) is 19.3 Å². The predicted octanol–water partition coefficient (Wildman–Crippen LogP) is 3.95. The van der Waals surface area contributed by atoms with Gasteiger partial charge < -0.3 is 16.8 Å². The van der Waals surface area contributed by atoms with Crippen LogP contribution in [0.3, 0.4) is 0 Å². The number of hydrogen-bond donors (Lipinski definition) is 3. The summed E-state index contributed by atoms with van der Waals surface area (Å²) in [5, 5.41) is 5.02. The van der Waals surface area contributed by atoms with Crippen molar-refractivity contribution in [2.45, 2.75) is 51.6 Å². The molecule has 1 saturated carbocycles. The summed E-state index contributed by atoms with van der Waals surface area (Å²) in [5.74, 6) is -1.56. The van der Waals surface area contributed by atoms with E-state index in [0.717, 1.165) is 53.2 Å². The van der Waals surface area contributed by atoms with Gasteiger partial charge in [0.1, 0.15) is 4.88 Å². The van der Waals surface area contributed by atoms with Crippen molar-refractivity contribution in [2.75, 3.05) is 10.6 Å². The highest BCUT2D eigenvalue weighted by Gasteiger charge is 2.37. The van der Waals surface area contributed by atoms with E-state index in [-0.39, 0.29) is 28.2 Å². The molecule has 34 heavy (non-hydrogen) atoms. The molecule has 1 fully saturated rings. The Morgan fingerprint density at radius 3 is 2.38 bits per heavy atom. The zero-order valence-electron chi connectivity index (χ0n) is 19.0. The fourth-order valence-electron chi connectivity index (χ4n) is 4.38. The molecule has 178 valence electrons. The van der Waals surface area contributed by atoms with Gasteiger partial charge in [-0.05, 0) is 72.9 Å². The second-order valence-electron chi connectivity index (χ2n) is 8.57. The van der Waals surface area contributed by atoms with Crippen molar-refractivity contribution in [3.05, 3.63) is 62.3 Å². The third-order valence-corrected chi connectivity index (χ3v) is 7.66. The summed E-state index contributed by atoms with van der Waals surface area (Å²) in [7, 11) is 0. The Bertz CT molecular complexity index is 1200. The Balaban J connectivity index is 1.84. The monoisotopic (exact) mass is 497 g/mol. The van der Waals surface area contributed by atoms with Crippen LogP contribution in [0.2, 0.25) is 0 Å². The second-order valence-corrected chi connectivity index (χ2v) is 10.3. The maximum absolute atomic E-state index is 14.0. The number of primary amides is 1. The number of nitrogen functional groups attached to an aromatic ring is 1. The van der Waals surface area contributed by atoms with Crippen molar-refractivity contribution in [3.63, 3.8) is 0 Å². The molecule has 1 aliphatic rings. The van der Waals surface area contributed by atoms with Crippen molar-refractivity contribution < 1.29 is 14.4 Å². The van der Waals surface area contributed by atoms with Gasteiger partial charge >= 0.3 is 0 Å². The van der Waals surface area contributed by atoms with E-state index in [9.17, 15) is 14.4 Å². The van der Waals surface area contributed by atoms with Crippen LogP contribution < -0.4 is 21.7 Å². The molecule has 0 radical (unpaired) electrons. The fourth-order valence-corrected chi connectivity index (χ4v) is 5.94. The van der Waals surface area contributed by atoms with E-state index in [4.69, 9.17) is 11.5 Å². The van der Waals surface area contributed by atoms with E-state index in [1.807, 2.05) is 49.6 Å². The minimum absolute atomic E-state index is 0.0713. The van der Waals surface area contributed by atoms with Gasteiger partial charge in [-0.2, -0.15) is 4.37 Å². The summed E-state index contributed by atoms with van der Waals surface area (Å²) >= 11 is 2.21. The smallest absolute Gasteiger partial charge is 0.273 e. The highest BCUT2D eigenvalue weighted by Crippen LogP contribution is 2.36. The molecule has 1 atom stereocenters. The van der Waals surface area contributed by atoms with Crippen LogP contribution in [-0.4, -0.2) is 28.1 Å². The highest BCUT2D eigenvalue weighted by molar-refractivity contribution is 7.10. The molecule has 2 heterocycles. The van der Waals surface area contributed by atoms with Crippen LogP contribution in [0.1, 0.15) is 67.9 Å². The first kappa shape index (κ1) is 23.9. The van der Waals surface area contributed by atoms with Crippen molar-refractivity contribution in [3.8, 4) is 0 Å². The number of carbonyl (C=O) groups excluding carboxylic acids is 3. The van der Waals surface area contributed by atoms with Crippen molar-refractivity contribution in [1.82, 2.24) is 9.69 Å². The molecule has 4 rings (SSSR count). The van der Waals surface area contributed by atoms with Gasteiger partial charge in [0.05, 0.1) is 5.69 Å². The van der Waals surface area contributed by atoms with Crippen LogP contribution in [0.15, 0.2) is 35.7 Å². The minimum Gasteiger partial charge on any atom is -0.395 e. The zero-order valence-corrected chi connectivity index (χ0v) is 20.7. The quantitative estimate of drug-likeness (QED) is 0.455. The number of thiophene rings is 1. The van der Waals surface area contributed by atoms with E-state index in [1.54, 1.807) is 0 Å². The number of anilines is 2. The summed E-state index contributed by atoms with van der Waals surface area (Å²) in [6, 6.07) is 8.59. The topological polar surface area (TPSA) is 131 Å². The maximum atomic E-state index is 14.0. The van der Waals surface area contributed by atoms with E-state index in [2.05, 4.69) is 9.69 Å². The van der Waals surface area contributed by atoms with Gasteiger partial charge in [0.15, 0.2) is 11.7 Å². The summed E-state index contributed by atoms with van der Waals surface area (Å²) in [4.78, 5) is 41.7. The molecule has 3 amide bonds. The lowest BCUT2D eigenvalue weighted by molar-refractivity contribution is -0.123. The standard InChI is InChI=1S/C24H27N5O3S2/c1-13-10-14(2)12-16(11-13)29(24(32)21-18(25)19(22(26)30)28-34-21)20(17-8-5-9-33-17)23(31)27-15-6-3-4-7-15/h5,8-12,15,20H,3-4,6-7,25H2,1-2H3,(H2,26,30)(H,27,31)/t20-/m0/s1. The molecule has 8 nitrogen and oxygen atoms in total. The van der Waals surface area contributed by atoms with E-state index >= 15 is 0 Å². The van der Waals surface area contributed by atoms with Gasteiger partial charge in [-0.15, -0.1) is 11.3 Å². The first-order chi connectivity index (χ1) is 16.3. The molecule has 0 saturated heterocycles. The molecule has 5 N–H and O–H groups in total. The third-order valence-electron chi connectivity index (χ3n) is 5.88. The molecule has 1 aromatic carbocycles. The normalized spacial score (nSPS) is 14.6. The number of nitrogens with zero attached hydrogens (tertiary/aromatic N) is 2. The van der Waals surface area contributed by atoms with Gasteiger partial charge in [-0.1, -0.05) is 25.0 Å². The first-order valence-electron chi connectivity index (χ1n) is 11.1. The van der Waals surface area contributed by atoms with E-state index in [0.29, 0.717) is 5.69 Å². The number of aromatic nitrogens is 1. The van der Waals surface area contributed by atoms with Crippen LogP contribution >= 0.6 is 22.9 Å². The van der Waals surface area contributed by atoms with Gasteiger partial charge in [0.25, 0.3) is 11.8 Å². The van der Waals surface area contributed by atoms with Crippen molar-refractivity contribution in [1.29, 1.82) is 0 Å². The Morgan fingerprint density at radius 1 is 1.15 bits per heavy atom. The molecule has 0 unspecified atom stereocenters. The molecule has 3 aromatic rings. The number of aryl methyl sites for hydroxylation is 2. The average molecular weight is 498 g/mol. The summed E-state index contributed by atoms with van der Waals surface area (Å²) in [5.41, 5.74) is 13.7. The molecular weight excluding hydrogens is 470 g/mol. The molecular formula is C24H27N5O3S2. The molecule has 1 aliphatic carbocycles. The Labute approximate surface area is 206 Å². The molecule has 0 aliphatic heterocycles. The lowest BCUT2D eigenvalue weighted by Gasteiger charge is -2.31. The zero-order chi connectivity index (χ0) is 24.4. The molecule has 2 aromatic heterocycles. The second kappa shape index (κ2) is 9.94. The lowest BCUT2D eigenvalue weighted by atomic mass is 10.1. The minimum atomic E-state index is -0.909. The Morgan fingerprint density at radius 2 is 1.82 bits per heavy atom. The number of carbonyl (C=O) groups is 3.